The van der Waals surface area contributed by atoms with Gasteiger partial charge in [-0.2, -0.15) is 5.26 Å². The van der Waals surface area contributed by atoms with Crippen LogP contribution in [0.3, 0.4) is 0 Å². The number of nitrogens with zero attached hydrogens (tertiary/aromatic N) is 4. The van der Waals surface area contributed by atoms with E-state index in [9.17, 15) is 5.26 Å². The number of aromatic nitrogens is 3. The van der Waals surface area contributed by atoms with Crippen LogP contribution in [-0.4, -0.2) is 14.1 Å². The Morgan fingerprint density at radius 1 is 0.404 bits per heavy atom. The predicted molar refractivity (Wildman–Crippen MR) is 214 cm³/mol. The van der Waals surface area contributed by atoms with Gasteiger partial charge in [-0.15, -0.1) is 0 Å². The van der Waals surface area contributed by atoms with Crippen molar-refractivity contribution in [2.24, 2.45) is 0 Å². The molecule has 0 bridgehead atoms. The second kappa shape index (κ2) is 12.0. The summed E-state index contributed by atoms with van der Waals surface area (Å²) >= 11 is 0. The van der Waals surface area contributed by atoms with Crippen LogP contribution < -0.4 is 0 Å². The summed E-state index contributed by atoms with van der Waals surface area (Å²) in [6, 6.07) is 66.1. The summed E-state index contributed by atoms with van der Waals surface area (Å²) in [5, 5.41) is 14.3. The van der Waals surface area contributed by atoms with Crippen molar-refractivity contribution < 1.29 is 0 Å². The van der Waals surface area contributed by atoms with Gasteiger partial charge >= 0.3 is 0 Å². The quantitative estimate of drug-likeness (QED) is 0.184. The first-order valence-corrected chi connectivity index (χ1v) is 17.4. The van der Waals surface area contributed by atoms with Gasteiger partial charge in [-0.05, 0) is 77.9 Å². The molecule has 3 aromatic heterocycles. The molecule has 0 atom stereocenters. The Morgan fingerprint density at radius 3 is 1.67 bits per heavy atom. The molecule has 0 saturated heterocycles. The normalized spacial score (nSPS) is 11.4. The molecule has 4 nitrogen and oxygen atoms in total. The fourth-order valence-corrected chi connectivity index (χ4v) is 7.78. The molecule has 0 aliphatic heterocycles. The van der Waals surface area contributed by atoms with E-state index in [1.165, 1.54) is 27.1 Å². The first-order valence-electron chi connectivity index (χ1n) is 17.4. The summed E-state index contributed by atoms with van der Waals surface area (Å²) in [5.74, 6) is 0. The molecule has 0 unspecified atom stereocenters. The van der Waals surface area contributed by atoms with Crippen LogP contribution in [0.15, 0.2) is 182 Å². The van der Waals surface area contributed by atoms with Gasteiger partial charge in [-0.1, -0.05) is 115 Å². The lowest BCUT2D eigenvalue weighted by molar-refractivity contribution is 1.17. The van der Waals surface area contributed by atoms with Gasteiger partial charge in [0.25, 0.3) is 0 Å². The number of hydrogen-bond donors (Lipinski definition) is 0. The van der Waals surface area contributed by atoms with Crippen LogP contribution in [0.2, 0.25) is 0 Å². The SMILES string of the molecule is N#Cc1ccc(-n2c3ccccc3c3c2ccc2c4ccccc4n(-c4cccc(-c5cc(-c6ccccc6)nc(-c6ccccc6)c5)c4)c23)cc1. The fourth-order valence-electron chi connectivity index (χ4n) is 7.78. The van der Waals surface area contributed by atoms with Crippen LogP contribution >= 0.6 is 0 Å². The van der Waals surface area contributed by atoms with Gasteiger partial charge in [-0.3, -0.25) is 0 Å². The Morgan fingerprint density at radius 2 is 1.00 bits per heavy atom. The third-order valence-electron chi connectivity index (χ3n) is 10.1. The van der Waals surface area contributed by atoms with Crippen LogP contribution in [0, 0.1) is 11.3 Å². The topological polar surface area (TPSA) is 46.5 Å². The Kier molecular flexibility index (Phi) is 6.84. The van der Waals surface area contributed by atoms with Crippen molar-refractivity contribution in [2.75, 3.05) is 0 Å². The van der Waals surface area contributed by atoms with Gasteiger partial charge in [-0.25, -0.2) is 4.98 Å². The standard InChI is InChI=1S/C48H30N4/c49-31-32-22-24-37(25-23-32)51-45-21-10-8-19-41(45)47-46(51)27-26-40-39-18-7-9-20-44(39)52(48(40)47)38-17-11-16-35(28-38)36-29-42(33-12-3-1-4-13-33)50-43(30-36)34-14-5-2-6-15-34/h1-30H. The van der Waals surface area contributed by atoms with Crippen LogP contribution in [-0.2, 0) is 0 Å². The molecule has 10 rings (SSSR count). The molecule has 0 aliphatic rings. The molecule has 0 aliphatic carbocycles. The van der Waals surface area contributed by atoms with E-state index in [1.54, 1.807) is 0 Å². The average Bonchev–Trinajstić information content (AvgIpc) is 3.74. The van der Waals surface area contributed by atoms with Gasteiger partial charge in [0.2, 0.25) is 0 Å². The van der Waals surface area contributed by atoms with E-state index >= 15 is 0 Å². The maximum atomic E-state index is 9.49. The molecule has 3 heterocycles. The molecule has 0 amide bonds. The minimum atomic E-state index is 0.646. The monoisotopic (exact) mass is 662 g/mol. The molecule has 242 valence electrons. The van der Waals surface area contributed by atoms with Gasteiger partial charge in [0.1, 0.15) is 0 Å². The molecule has 0 saturated carbocycles. The maximum Gasteiger partial charge on any atom is 0.0991 e. The van der Waals surface area contributed by atoms with E-state index in [4.69, 9.17) is 4.98 Å². The number of nitriles is 1. The fraction of sp³-hybridized carbons (Fsp3) is 0. The molecule has 52 heavy (non-hydrogen) atoms. The van der Waals surface area contributed by atoms with Crippen LogP contribution in [0.1, 0.15) is 5.56 Å². The molecule has 10 aromatic rings. The Bertz CT molecular complexity index is 2940. The highest BCUT2D eigenvalue weighted by Crippen LogP contribution is 2.42. The Labute approximate surface area is 300 Å². The lowest BCUT2D eigenvalue weighted by Gasteiger charge is -2.13. The maximum absolute atomic E-state index is 9.49. The van der Waals surface area contributed by atoms with Crippen molar-refractivity contribution in [3.05, 3.63) is 188 Å². The van der Waals surface area contributed by atoms with Crippen molar-refractivity contribution in [1.82, 2.24) is 14.1 Å². The van der Waals surface area contributed by atoms with E-state index in [1.807, 2.05) is 36.4 Å². The highest BCUT2D eigenvalue weighted by molar-refractivity contribution is 6.26. The molecule has 0 N–H and O–H groups in total. The number of fused-ring (bicyclic) bond motifs is 7. The average molecular weight is 663 g/mol. The number of benzene rings is 7. The van der Waals surface area contributed by atoms with Gasteiger partial charge < -0.3 is 9.13 Å². The third-order valence-corrected chi connectivity index (χ3v) is 10.1. The van der Waals surface area contributed by atoms with Gasteiger partial charge in [0, 0.05) is 44.0 Å². The minimum Gasteiger partial charge on any atom is -0.309 e. The van der Waals surface area contributed by atoms with Crippen molar-refractivity contribution in [2.45, 2.75) is 0 Å². The minimum absolute atomic E-state index is 0.646. The van der Waals surface area contributed by atoms with Crippen LogP contribution in [0.5, 0.6) is 0 Å². The number of rotatable bonds is 5. The zero-order valence-corrected chi connectivity index (χ0v) is 28.1. The predicted octanol–water partition coefficient (Wildman–Crippen LogP) is 12.1. The zero-order valence-electron chi connectivity index (χ0n) is 28.1. The summed E-state index contributed by atoms with van der Waals surface area (Å²) in [6.07, 6.45) is 0. The number of hydrogen-bond acceptors (Lipinski definition) is 2. The molecule has 0 fully saturated rings. The Balaban J connectivity index is 1.24. The molecule has 7 aromatic carbocycles. The van der Waals surface area contributed by atoms with Crippen LogP contribution in [0.25, 0.3) is 88.6 Å². The largest absolute Gasteiger partial charge is 0.309 e. The second-order valence-electron chi connectivity index (χ2n) is 13.1. The third kappa shape index (κ3) is 4.72. The van der Waals surface area contributed by atoms with E-state index in [0.717, 1.165) is 61.6 Å². The molecule has 0 radical (unpaired) electrons. The first kappa shape index (κ1) is 29.7. The summed E-state index contributed by atoms with van der Waals surface area (Å²) in [7, 11) is 0. The lowest BCUT2D eigenvalue weighted by atomic mass is 9.99. The summed E-state index contributed by atoms with van der Waals surface area (Å²) in [5.41, 5.74) is 13.6. The van der Waals surface area contributed by atoms with Crippen molar-refractivity contribution >= 4 is 43.6 Å². The van der Waals surface area contributed by atoms with Crippen molar-refractivity contribution in [3.8, 4) is 51.1 Å². The molecule has 0 spiro atoms. The van der Waals surface area contributed by atoms with E-state index in [-0.39, 0.29) is 0 Å². The highest BCUT2D eigenvalue weighted by Gasteiger charge is 2.21. The van der Waals surface area contributed by atoms with Crippen molar-refractivity contribution in [1.29, 1.82) is 5.26 Å². The summed E-state index contributed by atoms with van der Waals surface area (Å²) in [6.45, 7) is 0. The van der Waals surface area contributed by atoms with Crippen molar-refractivity contribution in [3.63, 3.8) is 0 Å². The number of pyridine rings is 1. The first-order chi connectivity index (χ1) is 25.7. The molecular weight excluding hydrogens is 633 g/mol. The zero-order chi connectivity index (χ0) is 34.6. The smallest absolute Gasteiger partial charge is 0.0991 e. The highest BCUT2D eigenvalue weighted by atomic mass is 15.0. The van der Waals surface area contributed by atoms with E-state index in [2.05, 4.69) is 161 Å². The lowest BCUT2D eigenvalue weighted by Crippen LogP contribution is -1.96. The van der Waals surface area contributed by atoms with Gasteiger partial charge in [0.05, 0.1) is 45.1 Å². The van der Waals surface area contributed by atoms with E-state index < -0.39 is 0 Å². The molecule has 4 heteroatoms. The number of para-hydroxylation sites is 2. The van der Waals surface area contributed by atoms with Gasteiger partial charge in [0.15, 0.2) is 0 Å². The molecular formula is C48H30N4. The summed E-state index contributed by atoms with van der Waals surface area (Å²) < 4.78 is 4.75. The van der Waals surface area contributed by atoms with E-state index in [0.29, 0.717) is 5.56 Å². The summed E-state index contributed by atoms with van der Waals surface area (Å²) in [4.78, 5) is 5.13. The van der Waals surface area contributed by atoms with Crippen LogP contribution in [0.4, 0.5) is 0 Å². The second-order valence-corrected chi connectivity index (χ2v) is 13.1. The Hall–Kier alpha value is -7.22.